The summed E-state index contributed by atoms with van der Waals surface area (Å²) in [6.45, 7) is 12.6. The zero-order chi connectivity index (χ0) is 14.2. The highest BCUT2D eigenvalue weighted by atomic mass is 15.3. The first-order valence-corrected chi connectivity index (χ1v) is 7.25. The smallest absolute Gasteiger partial charge is 0.156 e. The maximum Gasteiger partial charge on any atom is 0.156 e. The highest BCUT2D eigenvalue weighted by Crippen LogP contribution is 2.32. The fourth-order valence-electron chi connectivity index (χ4n) is 3.11. The second-order valence-corrected chi connectivity index (χ2v) is 6.13. The van der Waals surface area contributed by atoms with Gasteiger partial charge < -0.3 is 10.6 Å². The minimum Gasteiger partial charge on any atom is -0.352 e. The van der Waals surface area contributed by atoms with E-state index in [1.54, 1.807) is 0 Å². The molecule has 0 aromatic carbocycles. The van der Waals surface area contributed by atoms with Crippen molar-refractivity contribution in [2.75, 3.05) is 11.4 Å². The van der Waals surface area contributed by atoms with E-state index in [0.29, 0.717) is 24.4 Å². The topological polar surface area (TPSA) is 55.0 Å². The van der Waals surface area contributed by atoms with E-state index in [-0.39, 0.29) is 0 Å². The molecule has 0 aliphatic carbocycles. The number of aryl methyl sites for hydroxylation is 1. The Kier molecular flexibility index (Phi) is 4.09. The number of aromatic nitrogens is 2. The van der Waals surface area contributed by atoms with E-state index in [1.165, 1.54) is 12.0 Å². The zero-order valence-electron chi connectivity index (χ0n) is 12.8. The van der Waals surface area contributed by atoms with Gasteiger partial charge in [-0.05, 0) is 44.6 Å². The Labute approximate surface area is 116 Å². The first-order chi connectivity index (χ1) is 8.95. The van der Waals surface area contributed by atoms with Crippen LogP contribution >= 0.6 is 0 Å². The Morgan fingerprint density at radius 2 is 1.89 bits per heavy atom. The van der Waals surface area contributed by atoms with Crippen molar-refractivity contribution in [3.63, 3.8) is 0 Å². The average Bonchev–Trinajstić information content (AvgIpc) is 2.37. The van der Waals surface area contributed by atoms with Crippen LogP contribution in [0, 0.1) is 25.7 Å². The van der Waals surface area contributed by atoms with Gasteiger partial charge in [0.1, 0.15) is 0 Å². The third-order valence-corrected chi connectivity index (χ3v) is 4.63. The molecule has 1 fully saturated rings. The number of rotatable bonds is 2. The van der Waals surface area contributed by atoms with Crippen molar-refractivity contribution in [1.82, 2.24) is 10.2 Å². The largest absolute Gasteiger partial charge is 0.352 e. The summed E-state index contributed by atoms with van der Waals surface area (Å²) in [5.41, 5.74) is 9.27. The van der Waals surface area contributed by atoms with E-state index in [2.05, 4.69) is 42.8 Å². The van der Waals surface area contributed by atoms with Crippen molar-refractivity contribution < 1.29 is 0 Å². The van der Waals surface area contributed by atoms with Crippen LogP contribution in [-0.4, -0.2) is 22.8 Å². The number of nitrogens with two attached hydrogens (primary N) is 1. The average molecular weight is 262 g/mol. The van der Waals surface area contributed by atoms with Crippen molar-refractivity contribution in [2.24, 2.45) is 17.6 Å². The molecule has 1 saturated heterocycles. The third-order valence-electron chi connectivity index (χ3n) is 4.63. The monoisotopic (exact) mass is 262 g/mol. The van der Waals surface area contributed by atoms with Crippen LogP contribution in [0.1, 0.15) is 44.0 Å². The molecule has 4 heteroatoms. The lowest BCUT2D eigenvalue weighted by molar-refractivity contribution is 0.294. The van der Waals surface area contributed by atoms with Gasteiger partial charge in [0, 0.05) is 24.7 Å². The molecule has 0 spiro atoms. The first kappa shape index (κ1) is 14.3. The van der Waals surface area contributed by atoms with Crippen LogP contribution in [0.2, 0.25) is 0 Å². The standard InChI is InChI=1S/C15H26N4/c1-9-6-10(2)13(5)19(8-9)15-14(7-16)11(3)12(4)17-18-15/h9-10,13H,6-8,16H2,1-5H3. The van der Waals surface area contributed by atoms with Crippen LogP contribution in [0.25, 0.3) is 0 Å². The molecule has 2 heterocycles. The molecule has 0 amide bonds. The van der Waals surface area contributed by atoms with Crippen LogP contribution in [-0.2, 0) is 6.54 Å². The highest BCUT2D eigenvalue weighted by Gasteiger charge is 2.31. The van der Waals surface area contributed by atoms with E-state index in [1.807, 2.05) is 6.92 Å². The SMILES string of the molecule is Cc1nnc(N2CC(C)CC(C)C2C)c(CN)c1C. The molecule has 1 aromatic rings. The van der Waals surface area contributed by atoms with Gasteiger partial charge in [0.15, 0.2) is 5.82 Å². The summed E-state index contributed by atoms with van der Waals surface area (Å²) in [7, 11) is 0. The molecular weight excluding hydrogens is 236 g/mol. The predicted octanol–water partition coefficient (Wildman–Crippen LogP) is 2.42. The van der Waals surface area contributed by atoms with Gasteiger partial charge in [0.05, 0.1) is 5.69 Å². The second kappa shape index (κ2) is 5.45. The van der Waals surface area contributed by atoms with Crippen LogP contribution in [0.3, 0.4) is 0 Å². The molecule has 1 aromatic heterocycles. The van der Waals surface area contributed by atoms with Crippen molar-refractivity contribution >= 4 is 5.82 Å². The normalized spacial score (nSPS) is 27.7. The maximum atomic E-state index is 5.95. The molecule has 2 rings (SSSR count). The van der Waals surface area contributed by atoms with Gasteiger partial charge in [-0.15, -0.1) is 5.10 Å². The summed E-state index contributed by atoms with van der Waals surface area (Å²) in [6.07, 6.45) is 1.29. The summed E-state index contributed by atoms with van der Waals surface area (Å²) < 4.78 is 0. The molecule has 1 aliphatic rings. The van der Waals surface area contributed by atoms with Crippen molar-refractivity contribution in [3.05, 3.63) is 16.8 Å². The molecule has 1 aliphatic heterocycles. The zero-order valence-corrected chi connectivity index (χ0v) is 12.8. The lowest BCUT2D eigenvalue weighted by atomic mass is 9.85. The third kappa shape index (κ3) is 2.59. The number of hydrogen-bond donors (Lipinski definition) is 1. The number of anilines is 1. The maximum absolute atomic E-state index is 5.95. The van der Waals surface area contributed by atoms with Gasteiger partial charge >= 0.3 is 0 Å². The quantitative estimate of drug-likeness (QED) is 0.889. The fourth-order valence-corrected chi connectivity index (χ4v) is 3.11. The molecule has 2 N–H and O–H groups in total. The molecule has 19 heavy (non-hydrogen) atoms. The highest BCUT2D eigenvalue weighted by molar-refractivity contribution is 5.51. The molecule has 106 valence electrons. The Morgan fingerprint density at radius 3 is 2.53 bits per heavy atom. The van der Waals surface area contributed by atoms with Crippen molar-refractivity contribution in [3.8, 4) is 0 Å². The van der Waals surface area contributed by atoms with E-state index in [4.69, 9.17) is 5.73 Å². The van der Waals surface area contributed by atoms with E-state index < -0.39 is 0 Å². The molecule has 3 unspecified atom stereocenters. The minimum absolute atomic E-state index is 0.498. The minimum atomic E-state index is 0.498. The fraction of sp³-hybridized carbons (Fsp3) is 0.733. The predicted molar refractivity (Wildman–Crippen MR) is 79.2 cm³/mol. The van der Waals surface area contributed by atoms with E-state index in [9.17, 15) is 0 Å². The summed E-state index contributed by atoms with van der Waals surface area (Å²) in [4.78, 5) is 2.40. The number of hydrogen-bond acceptors (Lipinski definition) is 4. The van der Waals surface area contributed by atoms with Gasteiger partial charge in [0.25, 0.3) is 0 Å². The van der Waals surface area contributed by atoms with Crippen LogP contribution < -0.4 is 10.6 Å². The van der Waals surface area contributed by atoms with Crippen molar-refractivity contribution in [1.29, 1.82) is 0 Å². The van der Waals surface area contributed by atoms with E-state index in [0.717, 1.165) is 23.6 Å². The second-order valence-electron chi connectivity index (χ2n) is 6.13. The van der Waals surface area contributed by atoms with Crippen molar-refractivity contribution in [2.45, 2.75) is 53.6 Å². The van der Waals surface area contributed by atoms with Crippen LogP contribution in [0.5, 0.6) is 0 Å². The summed E-state index contributed by atoms with van der Waals surface area (Å²) in [5.74, 6) is 2.37. The first-order valence-electron chi connectivity index (χ1n) is 7.25. The Morgan fingerprint density at radius 1 is 1.21 bits per heavy atom. The van der Waals surface area contributed by atoms with Crippen LogP contribution in [0.4, 0.5) is 5.82 Å². The molecule has 0 radical (unpaired) electrons. The van der Waals surface area contributed by atoms with Gasteiger partial charge in [-0.25, -0.2) is 0 Å². The van der Waals surface area contributed by atoms with E-state index >= 15 is 0 Å². The Hall–Kier alpha value is -1.16. The summed E-state index contributed by atoms with van der Waals surface area (Å²) in [6, 6.07) is 0.498. The van der Waals surface area contributed by atoms with Crippen LogP contribution in [0.15, 0.2) is 0 Å². The van der Waals surface area contributed by atoms with Gasteiger partial charge in [-0.2, -0.15) is 5.10 Å². The molecule has 0 bridgehead atoms. The lowest BCUT2D eigenvalue weighted by Crippen LogP contribution is -2.47. The molecular formula is C15H26N4. The summed E-state index contributed by atoms with van der Waals surface area (Å²) in [5, 5.41) is 8.75. The van der Waals surface area contributed by atoms with Gasteiger partial charge in [0.2, 0.25) is 0 Å². The lowest BCUT2D eigenvalue weighted by Gasteiger charge is -2.42. The van der Waals surface area contributed by atoms with Gasteiger partial charge in [-0.1, -0.05) is 13.8 Å². The molecule has 4 nitrogen and oxygen atoms in total. The summed E-state index contributed by atoms with van der Waals surface area (Å²) >= 11 is 0. The Bertz CT molecular complexity index is 458. The van der Waals surface area contributed by atoms with Gasteiger partial charge in [-0.3, -0.25) is 0 Å². The molecule has 3 atom stereocenters. The Balaban J connectivity index is 2.43. The molecule has 0 saturated carbocycles. The number of nitrogens with zero attached hydrogens (tertiary/aromatic N) is 3. The number of piperidine rings is 1.